The molecule has 1 amide bonds. The minimum Gasteiger partial charge on any atom is -0.475 e. The molecule has 0 unspecified atom stereocenters. The van der Waals surface area contributed by atoms with Gasteiger partial charge in [0.15, 0.2) is 0 Å². The highest BCUT2D eigenvalue weighted by atomic mass is 32.2. The molecule has 5 N–H and O–H groups in total. The Labute approximate surface area is 296 Å². The summed E-state index contributed by atoms with van der Waals surface area (Å²) in [5.41, 5.74) is 0.244. The zero-order valence-electron chi connectivity index (χ0n) is 27.4. The van der Waals surface area contributed by atoms with Crippen molar-refractivity contribution in [3.63, 3.8) is 0 Å². The number of carbonyl (C=O) groups excluding carboxylic acids is 1. The number of hydrogen-bond donors (Lipinski definition) is 5. The minimum atomic E-state index is -5.08. The molecule has 0 spiro atoms. The van der Waals surface area contributed by atoms with E-state index in [2.05, 4.69) is 25.2 Å². The number of aliphatic carboxylic acids is 2. The highest BCUT2D eigenvalue weighted by Gasteiger charge is 2.39. The van der Waals surface area contributed by atoms with Crippen molar-refractivity contribution in [3.8, 4) is 0 Å². The Bertz CT molecular complexity index is 1760. The fourth-order valence-electron chi connectivity index (χ4n) is 4.48. The first-order chi connectivity index (χ1) is 24.5. The Morgan fingerprint density at radius 3 is 1.89 bits per heavy atom. The molecule has 294 valence electrons. The number of carboxylic acids is 2. The van der Waals surface area contributed by atoms with Gasteiger partial charge in [-0.2, -0.15) is 39.5 Å². The van der Waals surface area contributed by atoms with E-state index in [0.29, 0.717) is 23.1 Å². The zero-order valence-corrected chi connectivity index (χ0v) is 28.2. The van der Waals surface area contributed by atoms with Crippen molar-refractivity contribution >= 4 is 44.5 Å². The highest BCUT2D eigenvalue weighted by Crippen LogP contribution is 2.30. The Kier molecular flexibility index (Phi) is 16.3. The van der Waals surface area contributed by atoms with Crippen molar-refractivity contribution in [1.29, 1.82) is 0 Å². The Balaban J connectivity index is 0.000000587. The van der Waals surface area contributed by atoms with E-state index in [1.165, 1.54) is 25.3 Å². The van der Waals surface area contributed by atoms with E-state index in [0.717, 1.165) is 50.3 Å². The summed E-state index contributed by atoms with van der Waals surface area (Å²) in [6, 6.07) is 11.8. The predicted octanol–water partition coefficient (Wildman–Crippen LogP) is 5.40. The fraction of sp³-hybridized carbons (Fsp3) is 0.419. The number of likely N-dealkylation sites (tertiary alicyclic amines) is 1. The van der Waals surface area contributed by atoms with Gasteiger partial charge in [0.2, 0.25) is 5.91 Å². The lowest BCUT2D eigenvalue weighted by atomic mass is 10.1. The lowest BCUT2D eigenvalue weighted by Crippen LogP contribution is -2.36. The normalized spacial score (nSPS) is 13.9. The van der Waals surface area contributed by atoms with Crippen molar-refractivity contribution in [2.24, 2.45) is 0 Å². The summed E-state index contributed by atoms with van der Waals surface area (Å²) < 4.78 is 130. The summed E-state index contributed by atoms with van der Waals surface area (Å²) in [5.74, 6) is -5.63. The second-order valence-electron chi connectivity index (χ2n) is 11.1. The van der Waals surface area contributed by atoms with Crippen molar-refractivity contribution < 1.29 is 72.5 Å². The Morgan fingerprint density at radius 2 is 1.36 bits per heavy atom. The molecule has 1 fully saturated rings. The van der Waals surface area contributed by atoms with E-state index >= 15 is 0 Å². The van der Waals surface area contributed by atoms with E-state index < -0.39 is 46.1 Å². The van der Waals surface area contributed by atoms with Gasteiger partial charge in [-0.25, -0.2) is 23.0 Å². The van der Waals surface area contributed by atoms with Crippen LogP contribution < -0.4 is 15.4 Å². The first-order valence-electron chi connectivity index (χ1n) is 15.4. The molecule has 0 saturated carbocycles. The molecular weight excluding hydrogens is 757 g/mol. The number of alkyl halides is 9. The van der Waals surface area contributed by atoms with Crippen LogP contribution in [0.2, 0.25) is 0 Å². The Hall–Kier alpha value is -4.70. The molecule has 0 atom stereocenters. The van der Waals surface area contributed by atoms with Gasteiger partial charge in [0, 0.05) is 18.5 Å². The second-order valence-corrected chi connectivity index (χ2v) is 12.8. The van der Waals surface area contributed by atoms with E-state index in [4.69, 9.17) is 19.8 Å². The van der Waals surface area contributed by atoms with E-state index in [1.807, 2.05) is 0 Å². The van der Waals surface area contributed by atoms with Gasteiger partial charge in [0.05, 0.1) is 33.9 Å². The van der Waals surface area contributed by atoms with E-state index in [1.54, 1.807) is 24.3 Å². The number of para-hydroxylation sites is 1. The standard InChI is InChI=1S/C27H32F3N5O3S.2C2HF3O2/c28-27(29,30)21-9-12-23(13-10-21)39(37,38)34-24-7-4-6-20-8-11-22(33-26(20)24)18-31-19-25(36)32-14-5-17-35-15-2-1-3-16-35;2*3-2(4,5)1(6)7/h4,6-13,31,34H,1-3,5,14-19H2,(H,32,36);2*(H,6,7). The SMILES string of the molecule is O=C(CNCc1ccc2cccc(NS(=O)(=O)c3ccc(C(F)(F)F)cc3)c2n1)NCCCN1CCCCC1.O=C(O)C(F)(F)F.O=C(O)C(F)(F)F. The molecular formula is C31H34F9N5O7S. The van der Waals surface area contributed by atoms with Crippen LogP contribution >= 0.6 is 0 Å². The molecule has 3 aromatic rings. The maximum absolute atomic E-state index is 12.9. The van der Waals surface area contributed by atoms with E-state index in [9.17, 15) is 52.7 Å². The smallest absolute Gasteiger partial charge is 0.475 e. The van der Waals surface area contributed by atoms with Gasteiger partial charge in [-0.15, -0.1) is 0 Å². The van der Waals surface area contributed by atoms with Gasteiger partial charge < -0.3 is 25.7 Å². The summed E-state index contributed by atoms with van der Waals surface area (Å²) in [4.78, 5) is 36.6. The van der Waals surface area contributed by atoms with Gasteiger partial charge >= 0.3 is 30.5 Å². The predicted molar refractivity (Wildman–Crippen MR) is 171 cm³/mol. The lowest BCUT2D eigenvalue weighted by molar-refractivity contribution is -0.193. The average molecular weight is 792 g/mol. The molecule has 53 heavy (non-hydrogen) atoms. The third-order valence-electron chi connectivity index (χ3n) is 7.01. The van der Waals surface area contributed by atoms with Crippen LogP contribution in [0.15, 0.2) is 59.5 Å². The van der Waals surface area contributed by atoms with Crippen LogP contribution in [0.1, 0.15) is 36.9 Å². The van der Waals surface area contributed by atoms with E-state index in [-0.39, 0.29) is 29.6 Å². The third-order valence-corrected chi connectivity index (χ3v) is 8.39. The molecule has 1 aromatic heterocycles. The quantitative estimate of drug-likeness (QED) is 0.125. The molecule has 4 rings (SSSR count). The maximum atomic E-state index is 12.9. The summed E-state index contributed by atoms with van der Waals surface area (Å²) >= 11 is 0. The third kappa shape index (κ3) is 15.8. The number of carboxylic acid groups (broad SMARTS) is 2. The molecule has 0 bridgehead atoms. The maximum Gasteiger partial charge on any atom is 0.490 e. The lowest BCUT2D eigenvalue weighted by Gasteiger charge is -2.26. The van der Waals surface area contributed by atoms with Crippen LogP contribution in [0.25, 0.3) is 10.9 Å². The molecule has 2 heterocycles. The summed E-state index contributed by atoms with van der Waals surface area (Å²) in [6.45, 7) is 4.27. The molecule has 2 aromatic carbocycles. The number of benzene rings is 2. The fourth-order valence-corrected chi connectivity index (χ4v) is 5.54. The minimum absolute atomic E-state index is 0.112. The van der Waals surface area contributed by atoms with Gasteiger partial charge in [0.25, 0.3) is 10.0 Å². The number of halogens is 9. The number of nitrogens with zero attached hydrogens (tertiary/aromatic N) is 2. The molecule has 22 heteroatoms. The van der Waals surface area contributed by atoms with Crippen LogP contribution in [0, 0.1) is 0 Å². The van der Waals surface area contributed by atoms with Crippen LogP contribution in [0.4, 0.5) is 45.2 Å². The van der Waals surface area contributed by atoms with Crippen LogP contribution in [-0.4, -0.2) is 91.4 Å². The number of aromatic nitrogens is 1. The van der Waals surface area contributed by atoms with Gasteiger partial charge in [0.1, 0.15) is 0 Å². The highest BCUT2D eigenvalue weighted by molar-refractivity contribution is 7.92. The molecule has 12 nitrogen and oxygen atoms in total. The molecule has 1 aliphatic rings. The number of hydrogen-bond acceptors (Lipinski definition) is 8. The zero-order chi connectivity index (χ0) is 40.0. The number of nitrogens with one attached hydrogen (secondary N) is 3. The van der Waals surface area contributed by atoms with Gasteiger partial charge in [-0.05, 0) is 75.3 Å². The summed E-state index contributed by atoms with van der Waals surface area (Å²) in [5, 5.41) is 20.9. The van der Waals surface area contributed by atoms with Crippen molar-refractivity contribution in [2.75, 3.05) is 37.4 Å². The summed E-state index contributed by atoms with van der Waals surface area (Å²) in [6.07, 6.45) is -10.0. The van der Waals surface area contributed by atoms with Crippen LogP contribution in [-0.2, 0) is 37.1 Å². The second kappa shape index (κ2) is 19.4. The molecule has 0 radical (unpaired) electrons. The number of fused-ring (bicyclic) bond motifs is 1. The first-order valence-corrected chi connectivity index (χ1v) is 16.9. The number of rotatable bonds is 11. The molecule has 0 aliphatic carbocycles. The van der Waals surface area contributed by atoms with Crippen molar-refractivity contribution in [1.82, 2.24) is 20.5 Å². The number of carbonyl (C=O) groups is 3. The van der Waals surface area contributed by atoms with Crippen LogP contribution in [0.5, 0.6) is 0 Å². The van der Waals surface area contributed by atoms with Gasteiger partial charge in [-0.3, -0.25) is 9.52 Å². The number of sulfonamides is 1. The Morgan fingerprint density at radius 1 is 0.792 bits per heavy atom. The van der Waals surface area contributed by atoms with Crippen molar-refractivity contribution in [2.45, 2.75) is 55.7 Å². The largest absolute Gasteiger partial charge is 0.490 e. The monoisotopic (exact) mass is 791 g/mol. The number of anilines is 1. The average Bonchev–Trinajstić information content (AvgIpc) is 3.07. The van der Waals surface area contributed by atoms with Crippen molar-refractivity contribution in [3.05, 3.63) is 65.9 Å². The number of piperidine rings is 1. The molecule has 1 aliphatic heterocycles. The van der Waals surface area contributed by atoms with Crippen LogP contribution in [0.3, 0.4) is 0 Å². The first kappa shape index (κ1) is 44.5. The number of amides is 1. The number of pyridine rings is 1. The topological polar surface area (TPSA) is 178 Å². The summed E-state index contributed by atoms with van der Waals surface area (Å²) in [7, 11) is -4.16. The van der Waals surface area contributed by atoms with Gasteiger partial charge in [-0.1, -0.05) is 24.6 Å². The molecule has 1 saturated heterocycles.